The van der Waals surface area contributed by atoms with Crippen molar-refractivity contribution in [2.75, 3.05) is 19.6 Å². The molecule has 1 saturated carbocycles. The van der Waals surface area contributed by atoms with Crippen LogP contribution in [0.4, 0.5) is 0 Å². The lowest BCUT2D eigenvalue weighted by atomic mass is 9.91. The number of hydrogen-bond acceptors (Lipinski definition) is 4. The van der Waals surface area contributed by atoms with Crippen molar-refractivity contribution in [3.8, 4) is 5.88 Å². The van der Waals surface area contributed by atoms with Crippen molar-refractivity contribution in [1.82, 2.24) is 9.88 Å². The Morgan fingerprint density at radius 3 is 2.64 bits per heavy atom. The highest BCUT2D eigenvalue weighted by Crippen LogP contribution is 2.30. The van der Waals surface area contributed by atoms with Gasteiger partial charge in [0, 0.05) is 38.2 Å². The molecule has 4 heteroatoms. The van der Waals surface area contributed by atoms with Gasteiger partial charge in [-0.3, -0.25) is 0 Å². The molecule has 0 unspecified atom stereocenters. The molecule has 0 radical (unpaired) electrons. The molecule has 1 aliphatic heterocycles. The third kappa shape index (κ3) is 4.20. The lowest BCUT2D eigenvalue weighted by molar-refractivity contribution is -0.110. The van der Waals surface area contributed by atoms with Gasteiger partial charge in [-0.05, 0) is 44.4 Å². The van der Waals surface area contributed by atoms with Gasteiger partial charge in [-0.2, -0.15) is 0 Å². The number of piperidine rings is 1. The van der Waals surface area contributed by atoms with Gasteiger partial charge in [0.2, 0.25) is 5.88 Å². The molecule has 1 saturated heterocycles. The summed E-state index contributed by atoms with van der Waals surface area (Å²) in [5, 5.41) is 0. The second-order valence-electron chi connectivity index (χ2n) is 6.68. The molecule has 1 aliphatic carbocycles. The number of likely N-dealkylation sites (tertiary alicyclic amines) is 1. The summed E-state index contributed by atoms with van der Waals surface area (Å²) in [4.78, 5) is 6.81. The van der Waals surface area contributed by atoms with Crippen molar-refractivity contribution in [3.63, 3.8) is 0 Å². The molecule has 3 rings (SSSR count). The molecule has 2 heterocycles. The third-order valence-electron chi connectivity index (χ3n) is 4.69. The van der Waals surface area contributed by atoms with Crippen LogP contribution in [-0.4, -0.2) is 47.8 Å². The summed E-state index contributed by atoms with van der Waals surface area (Å²) >= 11 is 0. The largest absolute Gasteiger partial charge is 0.474 e. The monoisotopic (exact) mass is 304 g/mol. The van der Waals surface area contributed by atoms with Crippen molar-refractivity contribution in [3.05, 3.63) is 23.9 Å². The van der Waals surface area contributed by atoms with Gasteiger partial charge >= 0.3 is 0 Å². The minimum absolute atomic E-state index is 0.277. The van der Waals surface area contributed by atoms with E-state index in [0.717, 1.165) is 18.7 Å². The average Bonchev–Trinajstić information content (AvgIpc) is 2.47. The molecular weight excluding hydrogens is 276 g/mol. The Bertz CT molecular complexity index is 466. The van der Waals surface area contributed by atoms with Crippen LogP contribution < -0.4 is 4.74 Å². The minimum atomic E-state index is 0.277. The fraction of sp³-hybridized carbons (Fsp3) is 0.722. The van der Waals surface area contributed by atoms with Gasteiger partial charge in [0.25, 0.3) is 0 Å². The number of nitrogens with zero attached hydrogens (tertiary/aromatic N) is 2. The first kappa shape index (κ1) is 15.8. The highest BCUT2D eigenvalue weighted by atomic mass is 16.5. The molecule has 2 aliphatic rings. The molecule has 22 heavy (non-hydrogen) atoms. The van der Waals surface area contributed by atoms with Gasteiger partial charge in [0.15, 0.2) is 0 Å². The van der Waals surface area contributed by atoms with E-state index in [0.29, 0.717) is 12.2 Å². The molecular formula is C18H28N2O2. The zero-order valence-corrected chi connectivity index (χ0v) is 13.8. The minimum Gasteiger partial charge on any atom is -0.474 e. The van der Waals surface area contributed by atoms with E-state index in [4.69, 9.17) is 9.47 Å². The number of ether oxygens (including phenoxy) is 2. The van der Waals surface area contributed by atoms with Crippen LogP contribution in [0.2, 0.25) is 0 Å². The summed E-state index contributed by atoms with van der Waals surface area (Å²) in [5.41, 5.74) is 1.19. The van der Waals surface area contributed by atoms with Crippen molar-refractivity contribution < 1.29 is 9.47 Å². The number of hydrogen-bond donors (Lipinski definition) is 0. The van der Waals surface area contributed by atoms with Crippen LogP contribution in [0.1, 0.15) is 44.6 Å². The van der Waals surface area contributed by atoms with Gasteiger partial charge < -0.3 is 14.4 Å². The van der Waals surface area contributed by atoms with Crippen molar-refractivity contribution >= 4 is 0 Å². The molecule has 0 bridgehead atoms. The summed E-state index contributed by atoms with van der Waals surface area (Å²) in [6.45, 7) is 7.93. The molecule has 0 amide bonds. The molecule has 0 atom stereocenters. The van der Waals surface area contributed by atoms with Crippen LogP contribution in [0.5, 0.6) is 5.88 Å². The second-order valence-corrected chi connectivity index (χ2v) is 6.68. The molecule has 1 aromatic rings. The quantitative estimate of drug-likeness (QED) is 0.808. The Kier molecular flexibility index (Phi) is 5.32. The van der Waals surface area contributed by atoms with Crippen LogP contribution in [-0.2, 0) is 4.74 Å². The summed E-state index contributed by atoms with van der Waals surface area (Å²) in [7, 11) is 0. The number of rotatable bonds is 6. The summed E-state index contributed by atoms with van der Waals surface area (Å²) in [6, 6.07) is 3.99. The van der Waals surface area contributed by atoms with Gasteiger partial charge in [-0.1, -0.05) is 6.92 Å². The lowest BCUT2D eigenvalue weighted by Gasteiger charge is -2.39. The first-order valence-corrected chi connectivity index (χ1v) is 8.70. The first-order chi connectivity index (χ1) is 10.7. The summed E-state index contributed by atoms with van der Waals surface area (Å²) in [6.07, 6.45) is 8.55. The predicted octanol–water partition coefficient (Wildman–Crippen LogP) is 3.19. The molecule has 0 N–H and O–H groups in total. The van der Waals surface area contributed by atoms with Gasteiger partial charge in [-0.15, -0.1) is 0 Å². The lowest BCUT2D eigenvalue weighted by Crippen LogP contribution is -2.44. The van der Waals surface area contributed by atoms with Crippen LogP contribution >= 0.6 is 0 Å². The molecule has 122 valence electrons. The SMILES string of the molecule is CCCN1CCC(OC2CC(Oc3cc(C)ccn3)C2)CC1. The van der Waals surface area contributed by atoms with Gasteiger partial charge in [-0.25, -0.2) is 4.98 Å². The van der Waals surface area contributed by atoms with Gasteiger partial charge in [0.1, 0.15) is 6.10 Å². The third-order valence-corrected chi connectivity index (χ3v) is 4.69. The Morgan fingerprint density at radius 1 is 1.18 bits per heavy atom. The highest BCUT2D eigenvalue weighted by molar-refractivity contribution is 5.19. The number of pyridine rings is 1. The molecule has 4 nitrogen and oxygen atoms in total. The maximum atomic E-state index is 6.22. The van der Waals surface area contributed by atoms with Crippen LogP contribution in [0, 0.1) is 6.92 Å². The molecule has 0 spiro atoms. The molecule has 1 aromatic heterocycles. The highest BCUT2D eigenvalue weighted by Gasteiger charge is 2.34. The number of aryl methyl sites for hydroxylation is 1. The van der Waals surface area contributed by atoms with Crippen LogP contribution in [0.25, 0.3) is 0 Å². The van der Waals surface area contributed by atoms with Crippen molar-refractivity contribution in [2.45, 2.75) is 64.3 Å². The maximum absolute atomic E-state index is 6.22. The zero-order valence-electron chi connectivity index (χ0n) is 13.8. The topological polar surface area (TPSA) is 34.6 Å². The summed E-state index contributed by atoms with van der Waals surface area (Å²) < 4.78 is 12.1. The standard InChI is InChI=1S/C18H28N2O2/c1-3-8-20-9-5-15(6-10-20)21-16-12-17(13-16)22-18-11-14(2)4-7-19-18/h4,7,11,15-17H,3,5-6,8-10,12-13H2,1-2H3. The van der Waals surface area contributed by atoms with Crippen LogP contribution in [0.15, 0.2) is 18.3 Å². The van der Waals surface area contributed by atoms with E-state index in [-0.39, 0.29) is 6.10 Å². The van der Waals surface area contributed by atoms with E-state index in [1.54, 1.807) is 6.20 Å². The van der Waals surface area contributed by atoms with E-state index in [1.165, 1.54) is 44.5 Å². The summed E-state index contributed by atoms with van der Waals surface area (Å²) in [5.74, 6) is 0.747. The first-order valence-electron chi connectivity index (χ1n) is 8.70. The smallest absolute Gasteiger partial charge is 0.213 e. The number of aromatic nitrogens is 1. The molecule has 2 fully saturated rings. The van der Waals surface area contributed by atoms with Crippen molar-refractivity contribution in [1.29, 1.82) is 0 Å². The van der Waals surface area contributed by atoms with E-state index in [1.807, 2.05) is 12.1 Å². The Balaban J connectivity index is 1.34. The average molecular weight is 304 g/mol. The van der Waals surface area contributed by atoms with E-state index < -0.39 is 0 Å². The molecule has 0 aromatic carbocycles. The maximum Gasteiger partial charge on any atom is 0.213 e. The zero-order chi connectivity index (χ0) is 15.4. The predicted molar refractivity (Wildman–Crippen MR) is 87.3 cm³/mol. The van der Waals surface area contributed by atoms with Crippen molar-refractivity contribution in [2.24, 2.45) is 0 Å². The van der Waals surface area contributed by atoms with E-state index in [9.17, 15) is 0 Å². The second kappa shape index (κ2) is 7.42. The Morgan fingerprint density at radius 2 is 1.95 bits per heavy atom. The fourth-order valence-electron chi connectivity index (χ4n) is 3.33. The fourth-order valence-corrected chi connectivity index (χ4v) is 3.33. The Hall–Kier alpha value is -1.13. The van der Waals surface area contributed by atoms with Gasteiger partial charge in [0.05, 0.1) is 12.2 Å². The van der Waals surface area contributed by atoms with Crippen LogP contribution in [0.3, 0.4) is 0 Å². The van der Waals surface area contributed by atoms with E-state index in [2.05, 4.69) is 23.7 Å². The Labute approximate surface area is 133 Å². The van der Waals surface area contributed by atoms with E-state index >= 15 is 0 Å². The normalized spacial score (nSPS) is 26.6.